The quantitative estimate of drug-likeness (QED) is 0.233. The van der Waals surface area contributed by atoms with Gasteiger partial charge in [0.05, 0.1) is 50.1 Å². The maximum absolute atomic E-state index is 15.3. The molecule has 7 rings (SSSR count). The smallest absolute Gasteiger partial charge is 0.306 e. The van der Waals surface area contributed by atoms with Crippen molar-refractivity contribution in [3.05, 3.63) is 35.4 Å². The van der Waals surface area contributed by atoms with Gasteiger partial charge in [0.2, 0.25) is 0 Å². The molecule has 0 amide bonds. The van der Waals surface area contributed by atoms with E-state index in [4.69, 9.17) is 42.6 Å². The van der Waals surface area contributed by atoms with Crippen LogP contribution >= 0.6 is 0 Å². The molecule has 3 saturated heterocycles. The van der Waals surface area contributed by atoms with Crippen LogP contribution in [0.3, 0.4) is 0 Å². The van der Waals surface area contributed by atoms with Crippen LogP contribution in [0, 0.1) is 42.4 Å². The summed E-state index contributed by atoms with van der Waals surface area (Å²) in [5, 5.41) is 16.5. The van der Waals surface area contributed by atoms with Crippen molar-refractivity contribution < 1.29 is 57.3 Å². The van der Waals surface area contributed by atoms with E-state index in [2.05, 4.69) is 37.3 Å². The van der Waals surface area contributed by atoms with E-state index in [1.54, 1.807) is 28.4 Å². The third-order valence-corrected chi connectivity index (χ3v) is 15.5. The molecule has 1 aromatic carbocycles. The van der Waals surface area contributed by atoms with Crippen LogP contribution in [0.1, 0.15) is 91.0 Å². The van der Waals surface area contributed by atoms with E-state index in [9.17, 15) is 9.90 Å². The third-order valence-electron chi connectivity index (χ3n) is 15.5. The molecule has 3 unspecified atom stereocenters. The molecule has 63 heavy (non-hydrogen) atoms. The number of hydrogen-bond donors (Lipinski definition) is 2. The normalized spacial score (nSPS) is 42.3. The molecule has 354 valence electrons. The molecule has 3 heterocycles. The molecule has 2 saturated carbocycles. The lowest BCUT2D eigenvalue weighted by Crippen LogP contribution is -2.59. The van der Waals surface area contributed by atoms with Crippen LogP contribution < -0.4 is 10.1 Å². The highest BCUT2D eigenvalue weighted by atomic mass is 16.7. The summed E-state index contributed by atoms with van der Waals surface area (Å²) < 4.78 is 56.0. The van der Waals surface area contributed by atoms with Gasteiger partial charge < -0.3 is 58.0 Å². The van der Waals surface area contributed by atoms with E-state index in [0.29, 0.717) is 49.5 Å². The van der Waals surface area contributed by atoms with Gasteiger partial charge in [0.25, 0.3) is 0 Å². The molecule has 19 atom stereocenters. The summed E-state index contributed by atoms with van der Waals surface area (Å²) in [5.41, 5.74) is 2.43. The summed E-state index contributed by atoms with van der Waals surface area (Å²) >= 11 is 0. The molecule has 0 radical (unpaired) electrons. The van der Waals surface area contributed by atoms with Crippen LogP contribution in [0.15, 0.2) is 29.8 Å². The fourth-order valence-electron chi connectivity index (χ4n) is 12.3. The summed E-state index contributed by atoms with van der Waals surface area (Å²) in [4.78, 5) is 31.5. The van der Waals surface area contributed by atoms with Gasteiger partial charge in [-0.25, -0.2) is 0 Å². The molecule has 14 heteroatoms. The Kier molecular flexibility index (Phi) is 16.0. The number of rotatable bonds is 12. The largest absolute Gasteiger partial charge is 0.497 e. The summed E-state index contributed by atoms with van der Waals surface area (Å²) in [6, 6.07) is 5.71. The van der Waals surface area contributed by atoms with Gasteiger partial charge in [-0.05, 0) is 133 Å². The van der Waals surface area contributed by atoms with Gasteiger partial charge in [-0.3, -0.25) is 9.59 Å². The highest BCUT2D eigenvalue weighted by molar-refractivity contribution is 5.99. The molecule has 0 bridgehead atoms. The number of hydrogen-bond acceptors (Lipinski definition) is 14. The Morgan fingerprint density at radius 1 is 0.857 bits per heavy atom. The van der Waals surface area contributed by atoms with Crippen LogP contribution in [0.2, 0.25) is 0 Å². The fraction of sp³-hybridized carbons (Fsp3) is 0.796. The standard InChI is InChI=1S/C49H76N2O12/c1-12-30-14-13-15-39(63-41-17-16-38(51(6)7)27(4)59-41)26(3)44(53)37-23-34-33-21-32(62-49-48(58-11)47(57-10)46(56-9)28(5)60-49)22-36(33)45(54)43(42(34)35(37)24-40(52)61-30)50-29-18-25(2)19-31(20-29)55-8/h18-20,23,26-28,30,32-36,38-39,41-43,45-50,54H,12-17,21-22,24H2,1-11H3/t26-,27?,28?,30+,32+,33+,34+,35-,36-,38+,39+,41+,42-,43-,45-,46+,47?,48+,49+/m1/s1. The zero-order valence-corrected chi connectivity index (χ0v) is 39.5. The van der Waals surface area contributed by atoms with Gasteiger partial charge >= 0.3 is 5.97 Å². The number of anilines is 1. The number of nitrogens with one attached hydrogen (secondary N) is 1. The number of nitrogens with zero attached hydrogens (tertiary/aromatic N) is 1. The Hall–Kier alpha value is -2.66. The SMILES string of the molecule is CC[C@H]1CCC[C@H](O[C@H]2CC[C@H](N(C)C)C(C)O2)[C@@H](C)C(=O)C2=C[C@H]3[C@@H]4C[C@H](O[C@@H]5OC(C)[C@H](OC)C(OC)[C@@H]5OC)C[C@H]4[C@@H](O)[C@H](Nc4cc(C)cc(OC)c4)[C@H]3[C@@H]2CC(=O)O1. The highest BCUT2D eigenvalue weighted by Gasteiger charge is 2.60. The number of cyclic esters (lactones) is 1. The summed E-state index contributed by atoms with van der Waals surface area (Å²) in [5.74, 6) is -1.31. The number of aliphatic hydroxyl groups is 1. The Balaban J connectivity index is 1.23. The first-order valence-corrected chi connectivity index (χ1v) is 23.6. The van der Waals surface area contributed by atoms with Gasteiger partial charge in [-0.1, -0.05) is 19.9 Å². The number of allylic oxidation sites excluding steroid dienone is 2. The van der Waals surface area contributed by atoms with Gasteiger partial charge in [0.1, 0.15) is 30.2 Å². The first kappa shape index (κ1) is 48.3. The Bertz CT molecular complexity index is 1740. The van der Waals surface area contributed by atoms with E-state index in [0.717, 1.165) is 30.5 Å². The van der Waals surface area contributed by atoms with E-state index < -0.39 is 48.8 Å². The highest BCUT2D eigenvalue weighted by Crippen LogP contribution is 2.57. The van der Waals surface area contributed by atoms with Gasteiger partial charge in [0.15, 0.2) is 18.4 Å². The second kappa shape index (κ2) is 20.9. The second-order valence-corrected chi connectivity index (χ2v) is 19.5. The molecule has 3 aliphatic carbocycles. The molecular weight excluding hydrogens is 809 g/mol. The zero-order chi connectivity index (χ0) is 45.3. The van der Waals surface area contributed by atoms with Crippen molar-refractivity contribution in [3.63, 3.8) is 0 Å². The monoisotopic (exact) mass is 885 g/mol. The average molecular weight is 885 g/mol. The number of fused-ring (bicyclic) bond motifs is 5. The van der Waals surface area contributed by atoms with Crippen molar-refractivity contribution in [1.29, 1.82) is 0 Å². The van der Waals surface area contributed by atoms with Crippen molar-refractivity contribution >= 4 is 17.4 Å². The molecule has 6 aliphatic rings. The molecule has 0 aromatic heterocycles. The van der Waals surface area contributed by atoms with Crippen molar-refractivity contribution in [2.24, 2.45) is 35.5 Å². The zero-order valence-electron chi connectivity index (χ0n) is 39.5. The van der Waals surface area contributed by atoms with Crippen LogP contribution in [0.4, 0.5) is 5.69 Å². The van der Waals surface area contributed by atoms with Crippen molar-refractivity contribution in [2.75, 3.05) is 47.9 Å². The number of ketones is 1. The van der Waals surface area contributed by atoms with Crippen LogP contribution in [0.25, 0.3) is 0 Å². The van der Waals surface area contributed by atoms with Crippen LogP contribution in [0.5, 0.6) is 5.75 Å². The minimum absolute atomic E-state index is 0.0153. The predicted octanol–water partition coefficient (Wildman–Crippen LogP) is 6.09. The maximum atomic E-state index is 15.3. The molecule has 5 fully saturated rings. The number of carbonyl (C=O) groups is 2. The van der Waals surface area contributed by atoms with E-state index in [1.165, 1.54) is 0 Å². The van der Waals surface area contributed by atoms with E-state index >= 15 is 4.79 Å². The van der Waals surface area contributed by atoms with Crippen LogP contribution in [-0.4, -0.2) is 144 Å². The number of aryl methyl sites for hydroxylation is 1. The number of aliphatic hydroxyl groups excluding tert-OH is 1. The van der Waals surface area contributed by atoms with Crippen molar-refractivity contribution in [1.82, 2.24) is 4.90 Å². The fourth-order valence-corrected chi connectivity index (χ4v) is 12.3. The molecule has 14 nitrogen and oxygen atoms in total. The Labute approximate surface area is 375 Å². The molecule has 2 N–H and O–H groups in total. The summed E-state index contributed by atoms with van der Waals surface area (Å²) in [7, 11) is 10.7. The topological polar surface area (TPSA) is 153 Å². The lowest BCUT2D eigenvalue weighted by atomic mass is 9.62. The first-order valence-electron chi connectivity index (χ1n) is 23.6. The maximum Gasteiger partial charge on any atom is 0.306 e. The number of benzene rings is 1. The Morgan fingerprint density at radius 2 is 1.59 bits per heavy atom. The lowest BCUT2D eigenvalue weighted by molar-refractivity contribution is -0.314. The van der Waals surface area contributed by atoms with Crippen molar-refractivity contribution in [2.45, 2.75) is 172 Å². The first-order chi connectivity index (χ1) is 30.2. The van der Waals surface area contributed by atoms with Gasteiger partial charge in [0, 0.05) is 51.0 Å². The van der Waals surface area contributed by atoms with Crippen LogP contribution in [-0.2, 0) is 47.5 Å². The molecule has 0 spiro atoms. The number of esters is 1. The minimum atomic E-state index is -0.834. The average Bonchev–Trinajstić information content (AvgIpc) is 3.84. The molecule has 1 aromatic rings. The summed E-state index contributed by atoms with van der Waals surface area (Å²) in [6.45, 7) is 10.1. The number of carbonyl (C=O) groups excluding carboxylic acids is 2. The van der Waals surface area contributed by atoms with Crippen molar-refractivity contribution in [3.8, 4) is 5.75 Å². The second-order valence-electron chi connectivity index (χ2n) is 19.5. The number of ether oxygens (including phenoxy) is 9. The number of Topliss-reactive ketones (excluding diaryl/α,β-unsaturated/α-hetero) is 1. The Morgan fingerprint density at radius 3 is 2.25 bits per heavy atom. The minimum Gasteiger partial charge on any atom is -0.497 e. The van der Waals surface area contributed by atoms with E-state index in [-0.39, 0.29) is 78.5 Å². The molecule has 3 aliphatic heterocycles. The number of likely N-dealkylation sites (N-methyl/N-ethyl adjacent to an activating group) is 1. The lowest BCUT2D eigenvalue weighted by Gasteiger charge is -2.47. The predicted molar refractivity (Wildman–Crippen MR) is 236 cm³/mol. The third kappa shape index (κ3) is 10.2. The molecular formula is C49H76N2O12. The van der Waals surface area contributed by atoms with E-state index in [1.807, 2.05) is 45.9 Å². The van der Waals surface area contributed by atoms with Gasteiger partial charge in [-0.2, -0.15) is 0 Å². The number of methoxy groups -OCH3 is 4. The van der Waals surface area contributed by atoms with Gasteiger partial charge in [-0.15, -0.1) is 0 Å². The summed E-state index contributed by atoms with van der Waals surface area (Å²) in [6.07, 6.45) is 3.29.